The average molecular weight is 2030 g/mol. The van der Waals surface area contributed by atoms with Gasteiger partial charge >= 0.3 is 5.97 Å². The number of nitrogens with one attached hydrogen (secondary N) is 9. The number of amides is 7. The summed E-state index contributed by atoms with van der Waals surface area (Å²) < 4.78 is 58.5. The third-order valence-corrected chi connectivity index (χ3v) is 26.6. The Morgan fingerprint density at radius 3 is 1.57 bits per heavy atom. The number of fused-ring (bicyclic) bond motifs is 14. The highest BCUT2D eigenvalue weighted by atomic mass is 35.5. The van der Waals surface area contributed by atoms with Gasteiger partial charge in [-0.15, -0.1) is 13.2 Å². The zero-order valence-corrected chi connectivity index (χ0v) is 79.3. The number of rotatable bonds is 33. The Hall–Kier alpha value is -12.1. The molecule has 9 heterocycles. The number of ether oxygens (including phenoxy) is 9. The van der Waals surface area contributed by atoms with Gasteiger partial charge in [0.2, 0.25) is 59.7 Å². The number of unbranched alkanes of at least 4 members (excludes halogenated alkanes) is 14. The maximum atomic E-state index is 17.2. The molecule has 43 heteroatoms. The van der Waals surface area contributed by atoms with E-state index in [1.165, 1.54) is 42.5 Å². The van der Waals surface area contributed by atoms with E-state index in [-0.39, 0.29) is 57.6 Å². The fraction of sp³-hybridized carbons (Fsp3) is 0.460. The molecule has 7 amide bonds. The van der Waals surface area contributed by atoms with Crippen LogP contribution in [0.25, 0.3) is 11.1 Å². The Balaban J connectivity index is 1.000. The van der Waals surface area contributed by atoms with Gasteiger partial charge in [0, 0.05) is 42.2 Å². The normalized spacial score (nSPS) is 27.5. The number of phenols is 4. The number of halogens is 2. The standard InChI is InChI=1S/C100H119Cl2N9O32/c1-4-6-8-10-12-14-16-18-20-30-103-74-50-24-27-63(119)66(38-50)135-56-35-52(34-54(116)41-56)76-94(130)109-77-53-39-68(136-64-28-22-48(32-59(64)101)33-61(91(127)107-76)106-92(74)128)90(143-98-79(85(123)82(120)70(44-112)139-98)104-31-21-19-17-15-13-11-9-7-5-2)69(40-53)137-65-29-25-51(37-60(65)102)89(142-99-80(105-47(3)115)86(124)83(121)71(45-113)140-99)81-96(132)110-78(97(133)134)58-42-55(117)43-67(138-100-88(126)87(125)84(122)72(46-114)141-100)73(58)57-36-49(23-26-62(57)118)75(93(129)111-81)108-95(77)131/h4-5,22-29,32,34-43,61,70-72,74-89,98-100,103-104,112-114,116-126H,1-2,6-21,30-31,33,44-46H2,3H3,(H,105,115)(H,106,128)(H,107,127)(H,108,131)(H,109,130)(H,110,132)(H,111,129)(H,133,134)/t61-,70-,71-,72-,74-,75-,76+,77-,78+,79-,80-,81+,82-,83-,84-,85-,86-,87+,88+,89-,98+,99+,100+/m1/s1. The van der Waals surface area contributed by atoms with Gasteiger partial charge in [-0.3, -0.25) is 33.6 Å². The molecule has 7 aromatic carbocycles. The van der Waals surface area contributed by atoms with Crippen molar-refractivity contribution in [2.45, 2.75) is 256 Å². The molecular weight excluding hydrogens is 1910 g/mol. The summed E-state index contributed by atoms with van der Waals surface area (Å²) >= 11 is 15.0. The van der Waals surface area contributed by atoms with Crippen molar-refractivity contribution in [1.29, 1.82) is 0 Å². The van der Waals surface area contributed by atoms with E-state index < -0.39 is 299 Å². The fourth-order valence-corrected chi connectivity index (χ4v) is 18.9. The number of allylic oxidation sites excluding steroid dienone is 2. The van der Waals surface area contributed by atoms with Crippen molar-refractivity contribution in [3.8, 4) is 80.1 Å². The number of carboxylic acids is 1. The van der Waals surface area contributed by atoms with Gasteiger partial charge in [0.15, 0.2) is 35.3 Å². The molecule has 143 heavy (non-hydrogen) atoms. The number of aromatic hydroxyl groups is 4. The predicted molar refractivity (Wildman–Crippen MR) is 509 cm³/mol. The van der Waals surface area contributed by atoms with Crippen LogP contribution in [0, 0.1) is 0 Å². The number of carbonyl (C=O) groups excluding carboxylic acids is 7. The van der Waals surface area contributed by atoms with Crippen LogP contribution in [0.2, 0.25) is 10.0 Å². The number of aliphatic hydroxyl groups excluding tert-OH is 10. The first-order chi connectivity index (χ1) is 68.7. The number of aliphatic carboxylic acids is 1. The highest BCUT2D eigenvalue weighted by molar-refractivity contribution is 6.32. The average Bonchev–Trinajstić information content (AvgIpc) is 0.753. The summed E-state index contributed by atoms with van der Waals surface area (Å²) in [6, 6.07) is 2.95. The van der Waals surface area contributed by atoms with Crippen molar-refractivity contribution >= 4 is 70.5 Å². The molecule has 17 bridgehead atoms. The monoisotopic (exact) mass is 2030 g/mol. The van der Waals surface area contributed by atoms with Gasteiger partial charge in [-0.25, -0.2) is 4.79 Å². The molecular formula is C100H119Cl2N9O32. The first-order valence-corrected chi connectivity index (χ1v) is 48.1. The minimum absolute atomic E-state index is 0.154. The molecule has 9 aliphatic heterocycles. The molecule has 0 aliphatic carbocycles. The molecule has 41 nitrogen and oxygen atoms in total. The summed E-state index contributed by atoms with van der Waals surface area (Å²) in [7, 11) is 0. The second kappa shape index (κ2) is 48.5. The Bertz CT molecular complexity index is 5770. The summed E-state index contributed by atoms with van der Waals surface area (Å²) in [5.74, 6) is -17.7. The third-order valence-electron chi connectivity index (χ3n) is 26.0. The predicted octanol–water partition coefficient (Wildman–Crippen LogP) is 5.74. The molecule has 3 fully saturated rings. The summed E-state index contributed by atoms with van der Waals surface area (Å²) in [6.07, 6.45) is -10.8. The lowest BCUT2D eigenvalue weighted by atomic mass is 9.89. The first-order valence-electron chi connectivity index (χ1n) is 47.4. The van der Waals surface area contributed by atoms with Gasteiger partial charge in [-0.1, -0.05) is 124 Å². The van der Waals surface area contributed by atoms with Crippen LogP contribution >= 0.6 is 23.2 Å². The number of phenolic OH excluding ortho intramolecular Hbond substituents is 4. The van der Waals surface area contributed by atoms with Crippen LogP contribution in [0.4, 0.5) is 0 Å². The van der Waals surface area contributed by atoms with Crippen LogP contribution < -0.4 is 71.5 Å². The molecule has 0 radical (unpaired) electrons. The second-order valence-corrected chi connectivity index (χ2v) is 37.1. The lowest BCUT2D eigenvalue weighted by molar-refractivity contribution is -0.284. The number of hydrogen-bond donors (Lipinski definition) is 24. The molecule has 0 aromatic heterocycles. The van der Waals surface area contributed by atoms with Crippen molar-refractivity contribution in [2.24, 2.45) is 0 Å². The quantitative estimate of drug-likeness (QED) is 0.0172. The van der Waals surface area contributed by atoms with Crippen molar-refractivity contribution in [2.75, 3.05) is 32.9 Å². The van der Waals surface area contributed by atoms with Crippen LogP contribution in [0.1, 0.15) is 185 Å². The Labute approximate surface area is 830 Å². The van der Waals surface area contributed by atoms with E-state index in [0.29, 0.717) is 19.3 Å². The van der Waals surface area contributed by atoms with Gasteiger partial charge in [-0.05, 0) is 164 Å². The molecule has 23 atom stereocenters. The second-order valence-electron chi connectivity index (χ2n) is 36.2. The van der Waals surface area contributed by atoms with Gasteiger partial charge in [0.25, 0.3) is 0 Å². The number of aliphatic hydroxyl groups is 10. The molecule has 0 unspecified atom stereocenters. The topological polar surface area (TPSA) is 631 Å². The largest absolute Gasteiger partial charge is 0.508 e. The van der Waals surface area contributed by atoms with Crippen molar-refractivity contribution in [1.82, 2.24) is 47.9 Å². The smallest absolute Gasteiger partial charge is 0.330 e. The number of benzene rings is 7. The molecule has 3 saturated heterocycles. The molecule has 24 N–H and O–H groups in total. The van der Waals surface area contributed by atoms with Crippen LogP contribution in [0.5, 0.6) is 69.0 Å². The van der Waals surface area contributed by atoms with E-state index in [4.69, 9.17) is 65.8 Å². The van der Waals surface area contributed by atoms with Crippen LogP contribution in [0.15, 0.2) is 141 Å². The summed E-state index contributed by atoms with van der Waals surface area (Å²) in [5, 5.41) is 197. The molecule has 9 aliphatic rings. The minimum atomic E-state index is -2.57. The van der Waals surface area contributed by atoms with Crippen molar-refractivity contribution in [3.05, 3.63) is 190 Å². The van der Waals surface area contributed by atoms with E-state index in [1.54, 1.807) is 0 Å². The fourth-order valence-electron chi connectivity index (χ4n) is 18.4. The van der Waals surface area contributed by atoms with Gasteiger partial charge in [-0.2, -0.15) is 0 Å². The van der Waals surface area contributed by atoms with E-state index in [9.17, 15) is 86.2 Å². The molecule has 0 saturated carbocycles. The summed E-state index contributed by atoms with van der Waals surface area (Å²) in [6.45, 7) is 5.98. The van der Waals surface area contributed by atoms with Crippen LogP contribution in [-0.2, 0) is 63.7 Å². The third kappa shape index (κ3) is 25.3. The number of carboxylic acid groups (broad SMARTS) is 1. The minimum Gasteiger partial charge on any atom is -0.508 e. The SMILES string of the molecule is C=CCCCCCCCCCN[C@H]1[C@H](Oc2c3cc4cc2Oc2ccc(cc2Cl)[C@@H](O[C@@H]2O[C@H](CO)[C@@H](O)[C@H](O)[C@H]2NC(C)=O)[C@@H]2NC(=O)[C@H](NC(=O)[C@@H]4NC(=O)[C@H]4NC(=O)[C@@H](Cc5ccc(c(Cl)c5)O3)NC(=O)[C@H](NCCCCCCCCCC=C)c3ccc(O)c(c3)Oc3cc(O)cc4c3)c3ccc(O)c(c3)-c3c(O[C@H]4O[C@H](CO)[C@@H](O)[C@H](O)[C@@H]4O)cc(O)cc3[C@@H](C(=O)O)NC2=O)O[C@H](CO)[C@@H](O)[C@@H]1O. The highest BCUT2D eigenvalue weighted by Crippen LogP contribution is 2.51. The zero-order valence-electron chi connectivity index (χ0n) is 77.8. The van der Waals surface area contributed by atoms with Crippen LogP contribution in [0.3, 0.4) is 0 Å². The molecule has 7 aromatic rings. The number of hydrogen-bond acceptors (Lipinski definition) is 33. The Morgan fingerprint density at radius 1 is 0.455 bits per heavy atom. The maximum Gasteiger partial charge on any atom is 0.330 e. The van der Waals surface area contributed by atoms with E-state index in [1.807, 2.05) is 12.2 Å². The van der Waals surface area contributed by atoms with E-state index >= 15 is 28.8 Å². The molecule has 0 spiro atoms. The highest BCUT2D eigenvalue weighted by Gasteiger charge is 2.52. The Kier molecular flexibility index (Phi) is 36.2. The number of carbonyl (C=O) groups is 8. The molecule has 16 rings (SSSR count). The molecule has 770 valence electrons. The lowest BCUT2D eigenvalue weighted by Crippen LogP contribution is -2.65. The van der Waals surface area contributed by atoms with Gasteiger partial charge in [0.1, 0.15) is 150 Å². The first kappa shape index (κ1) is 107. The van der Waals surface area contributed by atoms with Crippen molar-refractivity contribution < 1.29 is 158 Å². The zero-order chi connectivity index (χ0) is 102. The van der Waals surface area contributed by atoms with E-state index in [2.05, 4.69) is 61.0 Å². The lowest BCUT2D eigenvalue weighted by Gasteiger charge is -2.44. The Morgan fingerprint density at radius 2 is 0.972 bits per heavy atom. The van der Waals surface area contributed by atoms with Gasteiger partial charge in [0.05, 0.1) is 35.9 Å². The summed E-state index contributed by atoms with van der Waals surface area (Å²) in [4.78, 5) is 126. The van der Waals surface area contributed by atoms with Crippen LogP contribution in [-0.4, -0.2) is 261 Å². The van der Waals surface area contributed by atoms with E-state index in [0.717, 1.165) is 163 Å². The maximum absolute atomic E-state index is 17.2. The van der Waals surface area contributed by atoms with Gasteiger partial charge < -0.3 is 167 Å². The summed E-state index contributed by atoms with van der Waals surface area (Å²) in [5.41, 5.74) is -3.28. The van der Waals surface area contributed by atoms with Crippen molar-refractivity contribution in [3.63, 3.8) is 0 Å².